The largest absolute Gasteiger partial charge is 0.456 e. The van der Waals surface area contributed by atoms with E-state index in [2.05, 4.69) is 98.8 Å². The van der Waals surface area contributed by atoms with Gasteiger partial charge in [-0.2, -0.15) is 0 Å². The van der Waals surface area contributed by atoms with Gasteiger partial charge in [0.2, 0.25) is 0 Å². The SMILES string of the molecule is CCc1c(-c2ccc3c(c2)oc2ccccc23)cccc1-c1c(C)ccc2ccccc12. The minimum Gasteiger partial charge on any atom is -0.456 e. The second kappa shape index (κ2) is 7.39. The van der Waals surface area contributed by atoms with Crippen LogP contribution in [0.2, 0.25) is 0 Å². The maximum Gasteiger partial charge on any atom is 0.136 e. The van der Waals surface area contributed by atoms with E-state index in [1.807, 2.05) is 12.1 Å². The molecule has 0 radical (unpaired) electrons. The fraction of sp³-hybridized carbons (Fsp3) is 0.0968. The molecule has 1 aromatic heterocycles. The zero-order valence-corrected chi connectivity index (χ0v) is 18.4. The molecule has 0 amide bonds. The Balaban J connectivity index is 1.59. The third kappa shape index (κ3) is 2.85. The van der Waals surface area contributed by atoms with Crippen LogP contribution in [0.1, 0.15) is 18.1 Å². The average molecular weight is 413 g/mol. The molecule has 0 aliphatic rings. The van der Waals surface area contributed by atoms with Crippen molar-refractivity contribution in [1.29, 1.82) is 0 Å². The fourth-order valence-electron chi connectivity index (χ4n) is 5.10. The van der Waals surface area contributed by atoms with Crippen molar-refractivity contribution >= 4 is 32.7 Å². The lowest BCUT2D eigenvalue weighted by molar-refractivity contribution is 0.669. The Morgan fingerprint density at radius 3 is 2.25 bits per heavy atom. The summed E-state index contributed by atoms with van der Waals surface area (Å²) in [5.41, 5.74) is 9.71. The molecule has 1 nitrogen and oxygen atoms in total. The molecule has 1 heteroatoms. The molecule has 0 aliphatic heterocycles. The van der Waals surface area contributed by atoms with Gasteiger partial charge in [-0.15, -0.1) is 0 Å². The monoisotopic (exact) mass is 412 g/mol. The van der Waals surface area contributed by atoms with Crippen molar-refractivity contribution in [3.05, 3.63) is 108 Å². The van der Waals surface area contributed by atoms with Crippen molar-refractivity contribution in [3.63, 3.8) is 0 Å². The first-order valence-electron chi connectivity index (χ1n) is 11.3. The summed E-state index contributed by atoms with van der Waals surface area (Å²) in [5.74, 6) is 0. The second-order valence-corrected chi connectivity index (χ2v) is 8.47. The lowest BCUT2D eigenvalue weighted by atomic mass is 9.86. The zero-order chi connectivity index (χ0) is 21.7. The van der Waals surface area contributed by atoms with Gasteiger partial charge in [0.05, 0.1) is 0 Å². The minimum absolute atomic E-state index is 0.940. The molecule has 32 heavy (non-hydrogen) atoms. The van der Waals surface area contributed by atoms with Crippen LogP contribution in [0.5, 0.6) is 0 Å². The van der Waals surface area contributed by atoms with E-state index in [1.165, 1.54) is 54.9 Å². The molecule has 0 saturated heterocycles. The maximum absolute atomic E-state index is 6.18. The summed E-state index contributed by atoms with van der Waals surface area (Å²) >= 11 is 0. The molecule has 5 aromatic carbocycles. The molecule has 0 spiro atoms. The molecule has 0 fully saturated rings. The van der Waals surface area contributed by atoms with Gasteiger partial charge >= 0.3 is 0 Å². The van der Waals surface area contributed by atoms with Crippen LogP contribution in [0.3, 0.4) is 0 Å². The van der Waals surface area contributed by atoms with Crippen LogP contribution in [0.4, 0.5) is 0 Å². The summed E-state index contributed by atoms with van der Waals surface area (Å²) in [6.45, 7) is 4.47. The Morgan fingerprint density at radius 1 is 0.625 bits per heavy atom. The Hall–Kier alpha value is -3.84. The Kier molecular flexibility index (Phi) is 4.36. The topological polar surface area (TPSA) is 13.1 Å². The van der Waals surface area contributed by atoms with Gasteiger partial charge in [0.15, 0.2) is 0 Å². The highest BCUT2D eigenvalue weighted by atomic mass is 16.3. The highest BCUT2D eigenvalue weighted by molar-refractivity contribution is 6.06. The molecule has 0 unspecified atom stereocenters. The molecular weight excluding hydrogens is 388 g/mol. The molecule has 154 valence electrons. The van der Waals surface area contributed by atoms with Crippen LogP contribution < -0.4 is 0 Å². The lowest BCUT2D eigenvalue weighted by Gasteiger charge is -2.18. The predicted molar refractivity (Wildman–Crippen MR) is 136 cm³/mol. The number of para-hydroxylation sites is 1. The van der Waals surface area contributed by atoms with Crippen LogP contribution in [0.15, 0.2) is 101 Å². The first kappa shape index (κ1) is 18.9. The number of hydrogen-bond acceptors (Lipinski definition) is 1. The highest BCUT2D eigenvalue weighted by Gasteiger charge is 2.16. The molecule has 0 N–H and O–H groups in total. The quantitative estimate of drug-likeness (QED) is 0.283. The van der Waals surface area contributed by atoms with Crippen molar-refractivity contribution in [3.8, 4) is 22.3 Å². The summed E-state index contributed by atoms with van der Waals surface area (Å²) in [5, 5.41) is 4.93. The number of rotatable bonds is 3. The van der Waals surface area contributed by atoms with Gasteiger partial charge in [0.25, 0.3) is 0 Å². The van der Waals surface area contributed by atoms with Crippen molar-refractivity contribution in [2.75, 3.05) is 0 Å². The van der Waals surface area contributed by atoms with E-state index < -0.39 is 0 Å². The van der Waals surface area contributed by atoms with Gasteiger partial charge < -0.3 is 4.42 Å². The Bertz CT molecular complexity index is 1620. The summed E-state index contributed by atoms with van der Waals surface area (Å²) in [7, 11) is 0. The van der Waals surface area contributed by atoms with Gasteiger partial charge in [0.1, 0.15) is 11.2 Å². The summed E-state index contributed by atoms with van der Waals surface area (Å²) in [4.78, 5) is 0. The van der Waals surface area contributed by atoms with E-state index in [0.717, 1.165) is 17.6 Å². The molecule has 0 saturated carbocycles. The highest BCUT2D eigenvalue weighted by Crippen LogP contribution is 2.39. The first-order chi connectivity index (χ1) is 15.7. The fourth-order valence-corrected chi connectivity index (χ4v) is 5.10. The maximum atomic E-state index is 6.18. The minimum atomic E-state index is 0.940. The van der Waals surface area contributed by atoms with Crippen molar-refractivity contribution in [2.45, 2.75) is 20.3 Å². The summed E-state index contributed by atoms with van der Waals surface area (Å²) < 4.78 is 6.18. The van der Waals surface area contributed by atoms with Gasteiger partial charge in [-0.05, 0) is 75.7 Å². The molecular formula is C31H24O. The standard InChI is InChI=1S/C31H24O/c1-3-23-24(22-17-18-27-26-11-6-7-14-29(26)32-30(27)19-22)12-8-13-28(23)31-20(2)15-16-21-9-4-5-10-25(21)31/h4-19H,3H2,1-2H3. The Labute approximate surface area is 187 Å². The Morgan fingerprint density at radius 2 is 1.38 bits per heavy atom. The molecule has 0 atom stereocenters. The smallest absolute Gasteiger partial charge is 0.136 e. The van der Waals surface area contributed by atoms with Gasteiger partial charge in [-0.25, -0.2) is 0 Å². The molecule has 1 heterocycles. The predicted octanol–water partition coefficient (Wildman–Crippen LogP) is 8.94. The molecule has 0 bridgehead atoms. The first-order valence-corrected chi connectivity index (χ1v) is 11.3. The van der Waals surface area contributed by atoms with Gasteiger partial charge in [-0.3, -0.25) is 0 Å². The van der Waals surface area contributed by atoms with E-state index in [1.54, 1.807) is 0 Å². The van der Waals surface area contributed by atoms with Gasteiger partial charge in [-0.1, -0.05) is 85.8 Å². The van der Waals surface area contributed by atoms with Crippen LogP contribution >= 0.6 is 0 Å². The number of furan rings is 1. The third-order valence-electron chi connectivity index (χ3n) is 6.63. The van der Waals surface area contributed by atoms with Crippen LogP contribution in [-0.4, -0.2) is 0 Å². The van der Waals surface area contributed by atoms with E-state index in [9.17, 15) is 0 Å². The molecule has 6 rings (SSSR count). The van der Waals surface area contributed by atoms with E-state index in [-0.39, 0.29) is 0 Å². The van der Waals surface area contributed by atoms with Crippen LogP contribution in [0.25, 0.3) is 55.0 Å². The van der Waals surface area contributed by atoms with Crippen molar-refractivity contribution in [2.24, 2.45) is 0 Å². The van der Waals surface area contributed by atoms with E-state index in [0.29, 0.717) is 0 Å². The number of benzene rings is 5. The van der Waals surface area contributed by atoms with Crippen molar-refractivity contribution in [1.82, 2.24) is 0 Å². The van der Waals surface area contributed by atoms with Crippen LogP contribution in [0, 0.1) is 6.92 Å². The third-order valence-corrected chi connectivity index (χ3v) is 6.63. The second-order valence-electron chi connectivity index (χ2n) is 8.47. The normalized spacial score (nSPS) is 11.6. The molecule has 0 aliphatic carbocycles. The average Bonchev–Trinajstić information content (AvgIpc) is 3.21. The number of aryl methyl sites for hydroxylation is 1. The zero-order valence-electron chi connectivity index (χ0n) is 18.4. The lowest BCUT2D eigenvalue weighted by Crippen LogP contribution is -1.95. The summed E-state index contributed by atoms with van der Waals surface area (Å²) in [6, 6.07) is 34.7. The number of hydrogen-bond donors (Lipinski definition) is 0. The van der Waals surface area contributed by atoms with Crippen LogP contribution in [-0.2, 0) is 6.42 Å². The van der Waals surface area contributed by atoms with E-state index >= 15 is 0 Å². The molecule has 6 aromatic rings. The van der Waals surface area contributed by atoms with Crippen molar-refractivity contribution < 1.29 is 4.42 Å². The number of fused-ring (bicyclic) bond motifs is 4. The summed E-state index contributed by atoms with van der Waals surface area (Å²) in [6.07, 6.45) is 0.965. The van der Waals surface area contributed by atoms with E-state index in [4.69, 9.17) is 4.42 Å². The van der Waals surface area contributed by atoms with Gasteiger partial charge in [0, 0.05) is 10.8 Å².